The highest BCUT2D eigenvalue weighted by molar-refractivity contribution is 7.89. The van der Waals surface area contributed by atoms with Gasteiger partial charge in [-0.15, -0.1) is 0 Å². The molecular weight excluding hydrogens is 283 g/mol. The molecule has 0 heterocycles. The molecule has 5 nitrogen and oxygen atoms in total. The van der Waals surface area contributed by atoms with E-state index in [-0.39, 0.29) is 10.8 Å². The summed E-state index contributed by atoms with van der Waals surface area (Å²) in [7, 11) is -3.84. The van der Waals surface area contributed by atoms with Crippen molar-refractivity contribution in [3.63, 3.8) is 0 Å². The van der Waals surface area contributed by atoms with Crippen LogP contribution in [-0.4, -0.2) is 26.9 Å². The molecule has 20 heavy (non-hydrogen) atoms. The van der Waals surface area contributed by atoms with E-state index < -0.39 is 21.9 Å². The first-order valence-corrected chi connectivity index (χ1v) is 7.94. The average Bonchev–Trinajstić information content (AvgIpc) is 2.42. The molecule has 2 N–H and O–H groups in total. The van der Waals surface area contributed by atoms with Crippen LogP contribution in [0.25, 0.3) is 0 Å². The molecule has 1 atom stereocenters. The summed E-state index contributed by atoms with van der Waals surface area (Å²) in [5.41, 5.74) is 0. The summed E-state index contributed by atoms with van der Waals surface area (Å²) >= 11 is 0. The van der Waals surface area contributed by atoms with Crippen LogP contribution in [-0.2, 0) is 14.8 Å². The molecule has 0 aromatic heterocycles. The molecule has 112 valence electrons. The fourth-order valence-electron chi connectivity index (χ4n) is 1.56. The third-order valence-corrected chi connectivity index (χ3v) is 4.18. The Bertz CT molecular complexity index is 543. The second-order valence-electron chi connectivity index (χ2n) is 4.33. The fraction of sp³-hybridized carbons (Fsp3) is 0.462. The highest BCUT2D eigenvalue weighted by Crippen LogP contribution is 2.11. The van der Waals surface area contributed by atoms with Crippen LogP contribution < -0.4 is 10.0 Å². The average molecular weight is 302 g/mol. The Balaban J connectivity index is 2.82. The van der Waals surface area contributed by atoms with Gasteiger partial charge in [0.05, 0.1) is 4.90 Å². The van der Waals surface area contributed by atoms with Crippen LogP contribution in [0.4, 0.5) is 4.39 Å². The number of sulfonamides is 1. The number of amides is 1. The predicted octanol–water partition coefficient (Wildman–Crippen LogP) is 1.41. The van der Waals surface area contributed by atoms with Crippen molar-refractivity contribution >= 4 is 15.9 Å². The normalized spacial score (nSPS) is 12.9. The topological polar surface area (TPSA) is 75.3 Å². The number of carbonyl (C=O) groups is 1. The number of carbonyl (C=O) groups excluding carboxylic acids is 1. The van der Waals surface area contributed by atoms with E-state index in [0.717, 1.165) is 30.7 Å². The molecule has 0 aliphatic rings. The van der Waals surface area contributed by atoms with Crippen LogP contribution in [0.5, 0.6) is 0 Å². The van der Waals surface area contributed by atoms with E-state index in [4.69, 9.17) is 0 Å². The van der Waals surface area contributed by atoms with Crippen LogP contribution >= 0.6 is 0 Å². The van der Waals surface area contributed by atoms with Crippen LogP contribution in [0.15, 0.2) is 29.2 Å². The lowest BCUT2D eigenvalue weighted by atomic mass is 10.2. The van der Waals surface area contributed by atoms with Gasteiger partial charge in [0.25, 0.3) is 0 Å². The Labute approximate surface area is 118 Å². The van der Waals surface area contributed by atoms with Gasteiger partial charge in [-0.25, -0.2) is 12.8 Å². The molecule has 0 fully saturated rings. The summed E-state index contributed by atoms with van der Waals surface area (Å²) in [5, 5.41) is 2.64. The predicted molar refractivity (Wildman–Crippen MR) is 74.1 cm³/mol. The van der Waals surface area contributed by atoms with Gasteiger partial charge in [0.1, 0.15) is 11.9 Å². The van der Waals surface area contributed by atoms with Gasteiger partial charge in [0.2, 0.25) is 15.9 Å². The van der Waals surface area contributed by atoms with Crippen LogP contribution in [0.1, 0.15) is 26.7 Å². The quantitative estimate of drug-likeness (QED) is 0.799. The summed E-state index contributed by atoms with van der Waals surface area (Å²) in [6.07, 6.45) is 1.10. The van der Waals surface area contributed by atoms with Gasteiger partial charge in [-0.1, -0.05) is 13.8 Å². The minimum atomic E-state index is -3.84. The molecule has 0 aliphatic heterocycles. The number of rotatable bonds is 7. The Kier molecular flexibility index (Phi) is 6.09. The van der Waals surface area contributed by atoms with E-state index in [9.17, 15) is 17.6 Å². The molecule has 0 saturated carbocycles. The molecule has 1 aromatic carbocycles. The van der Waals surface area contributed by atoms with Crippen LogP contribution in [0.2, 0.25) is 0 Å². The number of nitrogens with one attached hydrogen (secondary N) is 2. The standard InChI is InChI=1S/C13H19FN2O3S/c1-3-9-15-13(17)12(4-2)16-20(18,19)11-7-5-10(14)6-8-11/h5-8,12,16H,3-4,9H2,1-2H3,(H,15,17). The van der Waals surface area contributed by atoms with E-state index >= 15 is 0 Å². The van der Waals surface area contributed by atoms with Crippen LogP contribution in [0, 0.1) is 5.82 Å². The zero-order valence-corrected chi connectivity index (χ0v) is 12.3. The summed E-state index contributed by atoms with van der Waals surface area (Å²) in [4.78, 5) is 11.7. The molecule has 1 unspecified atom stereocenters. The molecule has 0 spiro atoms. The second-order valence-corrected chi connectivity index (χ2v) is 6.04. The van der Waals surface area contributed by atoms with Gasteiger partial charge < -0.3 is 5.32 Å². The Morgan fingerprint density at radius 2 is 1.85 bits per heavy atom. The van der Waals surface area contributed by atoms with Crippen molar-refractivity contribution in [1.29, 1.82) is 0 Å². The third-order valence-electron chi connectivity index (χ3n) is 2.70. The van der Waals surface area contributed by atoms with Crippen molar-refractivity contribution < 1.29 is 17.6 Å². The van der Waals surface area contributed by atoms with Gasteiger partial charge in [0.15, 0.2) is 0 Å². The van der Waals surface area contributed by atoms with Gasteiger partial charge in [-0.2, -0.15) is 4.72 Å². The minimum Gasteiger partial charge on any atom is -0.355 e. The molecule has 0 radical (unpaired) electrons. The smallest absolute Gasteiger partial charge is 0.241 e. The lowest BCUT2D eigenvalue weighted by Gasteiger charge is -2.16. The van der Waals surface area contributed by atoms with Crippen molar-refractivity contribution in [3.05, 3.63) is 30.1 Å². The van der Waals surface area contributed by atoms with E-state index in [0.29, 0.717) is 13.0 Å². The van der Waals surface area contributed by atoms with Crippen molar-refractivity contribution in [1.82, 2.24) is 10.0 Å². The fourth-order valence-corrected chi connectivity index (χ4v) is 2.84. The van der Waals surface area contributed by atoms with Crippen molar-refractivity contribution in [2.24, 2.45) is 0 Å². The molecule has 0 aliphatic carbocycles. The summed E-state index contributed by atoms with van der Waals surface area (Å²) in [6, 6.07) is 3.61. The Morgan fingerprint density at radius 3 is 2.35 bits per heavy atom. The number of benzene rings is 1. The van der Waals surface area contributed by atoms with Gasteiger partial charge >= 0.3 is 0 Å². The first kappa shape index (κ1) is 16.6. The third kappa shape index (κ3) is 4.57. The van der Waals surface area contributed by atoms with Gasteiger partial charge in [-0.05, 0) is 37.1 Å². The molecule has 0 bridgehead atoms. The molecule has 1 aromatic rings. The monoisotopic (exact) mass is 302 g/mol. The maximum absolute atomic E-state index is 12.8. The number of hydrogen-bond acceptors (Lipinski definition) is 3. The second kappa shape index (κ2) is 7.35. The van der Waals surface area contributed by atoms with Gasteiger partial charge in [-0.3, -0.25) is 4.79 Å². The Morgan fingerprint density at radius 1 is 1.25 bits per heavy atom. The Hall–Kier alpha value is -1.47. The van der Waals surface area contributed by atoms with E-state index in [1.54, 1.807) is 6.92 Å². The van der Waals surface area contributed by atoms with E-state index in [2.05, 4.69) is 10.0 Å². The van der Waals surface area contributed by atoms with Crippen molar-refractivity contribution in [2.75, 3.05) is 6.54 Å². The molecule has 1 rings (SSSR count). The maximum Gasteiger partial charge on any atom is 0.241 e. The lowest BCUT2D eigenvalue weighted by molar-refractivity contribution is -0.122. The largest absolute Gasteiger partial charge is 0.355 e. The van der Waals surface area contributed by atoms with Crippen LogP contribution in [0.3, 0.4) is 0 Å². The van der Waals surface area contributed by atoms with Gasteiger partial charge in [0, 0.05) is 6.54 Å². The summed E-state index contributed by atoms with van der Waals surface area (Å²) < 4.78 is 39.3. The first-order chi connectivity index (χ1) is 9.40. The highest BCUT2D eigenvalue weighted by Gasteiger charge is 2.23. The summed E-state index contributed by atoms with van der Waals surface area (Å²) in [5.74, 6) is -0.878. The van der Waals surface area contributed by atoms with E-state index in [1.165, 1.54) is 0 Å². The number of halogens is 1. The molecule has 7 heteroatoms. The molecule has 0 saturated heterocycles. The minimum absolute atomic E-state index is 0.0689. The summed E-state index contributed by atoms with van der Waals surface area (Å²) in [6.45, 7) is 4.11. The molecule has 1 amide bonds. The van der Waals surface area contributed by atoms with E-state index in [1.807, 2.05) is 6.92 Å². The number of hydrogen-bond donors (Lipinski definition) is 2. The first-order valence-electron chi connectivity index (χ1n) is 6.46. The maximum atomic E-state index is 12.8. The zero-order chi connectivity index (χ0) is 15.2. The lowest BCUT2D eigenvalue weighted by Crippen LogP contribution is -2.46. The SMILES string of the molecule is CCCNC(=O)C(CC)NS(=O)(=O)c1ccc(F)cc1. The van der Waals surface area contributed by atoms with Crippen molar-refractivity contribution in [2.45, 2.75) is 37.6 Å². The molecular formula is C13H19FN2O3S. The zero-order valence-electron chi connectivity index (χ0n) is 11.5. The highest BCUT2D eigenvalue weighted by atomic mass is 32.2. The van der Waals surface area contributed by atoms with Crippen molar-refractivity contribution in [3.8, 4) is 0 Å².